The Labute approximate surface area is 93.2 Å². The largest absolute Gasteiger partial charge is 0.490 e. The summed E-state index contributed by atoms with van der Waals surface area (Å²) >= 11 is 10.7. The number of hydrogen-bond acceptors (Lipinski definition) is 2. The molecule has 0 aliphatic carbocycles. The monoisotopic (exact) mass is 230 g/mol. The summed E-state index contributed by atoms with van der Waals surface area (Å²) in [5, 5.41) is 3.52. The fourth-order valence-corrected chi connectivity index (χ4v) is 1.37. The van der Waals surface area contributed by atoms with Crippen molar-refractivity contribution in [3.05, 3.63) is 23.2 Å². The third-order valence-corrected chi connectivity index (χ3v) is 1.91. The van der Waals surface area contributed by atoms with Crippen LogP contribution in [-0.2, 0) is 0 Å². The lowest BCUT2D eigenvalue weighted by Crippen LogP contribution is -2.19. The van der Waals surface area contributed by atoms with Crippen molar-refractivity contribution in [3.63, 3.8) is 0 Å². The lowest BCUT2D eigenvalue weighted by Gasteiger charge is -2.12. The smallest absolute Gasteiger partial charge is 0.168 e. The number of nitrogens with one attached hydrogen (secondary N) is 1. The van der Waals surface area contributed by atoms with Crippen molar-refractivity contribution in [2.45, 2.75) is 6.92 Å². The molecule has 0 atom stereocenters. The molecule has 3 nitrogen and oxygen atoms in total. The highest BCUT2D eigenvalue weighted by Gasteiger charge is 2.07. The average molecular weight is 231 g/mol. The quantitative estimate of drug-likeness (QED) is 0.783. The van der Waals surface area contributed by atoms with Gasteiger partial charge in [0.05, 0.1) is 17.3 Å². The molecule has 0 heterocycles. The maximum Gasteiger partial charge on any atom is 0.168 e. The van der Waals surface area contributed by atoms with Crippen LogP contribution in [0, 0.1) is 0 Å². The van der Waals surface area contributed by atoms with E-state index in [1.807, 2.05) is 6.92 Å². The summed E-state index contributed by atoms with van der Waals surface area (Å²) in [6, 6.07) is 5.35. The number of nitrogens with two attached hydrogens (primary N) is 1. The first kappa shape index (κ1) is 11.1. The molecular weight excluding hydrogens is 220 g/mol. The summed E-state index contributed by atoms with van der Waals surface area (Å²) in [6.07, 6.45) is 0. The van der Waals surface area contributed by atoms with Gasteiger partial charge in [0.25, 0.3) is 0 Å². The van der Waals surface area contributed by atoms with E-state index < -0.39 is 0 Å². The molecule has 14 heavy (non-hydrogen) atoms. The van der Waals surface area contributed by atoms with Gasteiger partial charge in [-0.15, -0.1) is 0 Å². The van der Waals surface area contributed by atoms with Crippen LogP contribution in [0.1, 0.15) is 6.92 Å². The van der Waals surface area contributed by atoms with E-state index in [0.29, 0.717) is 23.1 Å². The van der Waals surface area contributed by atoms with E-state index in [4.69, 9.17) is 34.3 Å². The molecule has 0 bridgehead atoms. The molecule has 0 unspecified atom stereocenters. The first-order valence-corrected chi connectivity index (χ1v) is 4.91. The predicted octanol–water partition coefficient (Wildman–Crippen LogP) is 2.39. The van der Waals surface area contributed by atoms with Crippen LogP contribution >= 0.6 is 23.8 Å². The van der Waals surface area contributed by atoms with Crippen molar-refractivity contribution in [2.75, 3.05) is 11.9 Å². The number of thiocarbonyl (C=S) groups is 1. The van der Waals surface area contributed by atoms with Gasteiger partial charge in [-0.3, -0.25) is 0 Å². The lowest BCUT2D eigenvalue weighted by molar-refractivity contribution is 0.342. The third kappa shape index (κ3) is 2.75. The maximum atomic E-state index is 5.94. The van der Waals surface area contributed by atoms with E-state index in [-0.39, 0.29) is 5.11 Å². The van der Waals surface area contributed by atoms with Gasteiger partial charge in [0, 0.05) is 0 Å². The minimum absolute atomic E-state index is 0.188. The Morgan fingerprint density at radius 1 is 1.64 bits per heavy atom. The Hall–Kier alpha value is -1.00. The molecule has 0 aliphatic rings. The molecule has 1 aromatic rings. The van der Waals surface area contributed by atoms with Gasteiger partial charge in [-0.05, 0) is 31.3 Å². The molecule has 0 radical (unpaired) electrons. The van der Waals surface area contributed by atoms with Crippen molar-refractivity contribution in [2.24, 2.45) is 5.73 Å². The van der Waals surface area contributed by atoms with Crippen LogP contribution in [0.3, 0.4) is 0 Å². The van der Waals surface area contributed by atoms with Gasteiger partial charge in [0.15, 0.2) is 10.9 Å². The Kier molecular flexibility index (Phi) is 3.98. The highest BCUT2D eigenvalue weighted by atomic mass is 35.5. The number of hydrogen-bond donors (Lipinski definition) is 2. The molecule has 3 N–H and O–H groups in total. The van der Waals surface area contributed by atoms with E-state index in [9.17, 15) is 0 Å². The highest BCUT2D eigenvalue weighted by Crippen LogP contribution is 2.32. The number of para-hydroxylation sites is 1. The molecule has 1 rings (SSSR count). The van der Waals surface area contributed by atoms with Crippen LogP contribution in [0.2, 0.25) is 5.02 Å². The maximum absolute atomic E-state index is 5.94. The summed E-state index contributed by atoms with van der Waals surface area (Å²) in [7, 11) is 0. The summed E-state index contributed by atoms with van der Waals surface area (Å²) in [5.74, 6) is 0.574. The SMILES string of the molecule is CCOc1c(Cl)cccc1NC(N)=S. The Balaban J connectivity index is 3.01. The molecule has 0 aliphatic heterocycles. The molecule has 0 aromatic heterocycles. The lowest BCUT2D eigenvalue weighted by atomic mass is 10.3. The summed E-state index contributed by atoms with van der Waals surface area (Å²) in [4.78, 5) is 0. The second-order valence-electron chi connectivity index (χ2n) is 2.54. The van der Waals surface area contributed by atoms with E-state index in [1.54, 1.807) is 18.2 Å². The van der Waals surface area contributed by atoms with E-state index in [1.165, 1.54) is 0 Å². The number of benzene rings is 1. The number of rotatable bonds is 3. The van der Waals surface area contributed by atoms with Crippen LogP contribution in [0.5, 0.6) is 5.75 Å². The van der Waals surface area contributed by atoms with Crippen molar-refractivity contribution in [1.29, 1.82) is 0 Å². The highest BCUT2D eigenvalue weighted by molar-refractivity contribution is 7.80. The zero-order valence-electron chi connectivity index (χ0n) is 7.71. The van der Waals surface area contributed by atoms with Gasteiger partial charge in [-0.25, -0.2) is 0 Å². The van der Waals surface area contributed by atoms with Crippen LogP contribution in [0.4, 0.5) is 5.69 Å². The van der Waals surface area contributed by atoms with Gasteiger partial charge >= 0.3 is 0 Å². The van der Waals surface area contributed by atoms with Crippen LogP contribution in [0.15, 0.2) is 18.2 Å². The van der Waals surface area contributed by atoms with Crippen LogP contribution < -0.4 is 15.8 Å². The molecule has 0 spiro atoms. The van der Waals surface area contributed by atoms with Crippen LogP contribution in [0.25, 0.3) is 0 Å². The molecule has 0 saturated carbocycles. The fraction of sp³-hybridized carbons (Fsp3) is 0.222. The van der Waals surface area contributed by atoms with Gasteiger partial charge in [-0.2, -0.15) is 0 Å². The molecular formula is C9H11ClN2OS. The van der Waals surface area contributed by atoms with Gasteiger partial charge < -0.3 is 15.8 Å². The second-order valence-corrected chi connectivity index (χ2v) is 3.39. The molecule has 0 saturated heterocycles. The topological polar surface area (TPSA) is 47.3 Å². The van der Waals surface area contributed by atoms with Crippen LogP contribution in [-0.4, -0.2) is 11.7 Å². The minimum atomic E-state index is 0.188. The Morgan fingerprint density at radius 2 is 2.36 bits per heavy atom. The van der Waals surface area contributed by atoms with E-state index in [0.717, 1.165) is 0 Å². The van der Waals surface area contributed by atoms with Crippen molar-refractivity contribution in [1.82, 2.24) is 0 Å². The average Bonchev–Trinajstić information content (AvgIpc) is 2.10. The second kappa shape index (κ2) is 5.02. The number of halogens is 1. The zero-order valence-corrected chi connectivity index (χ0v) is 9.28. The molecule has 0 amide bonds. The van der Waals surface area contributed by atoms with Crippen molar-refractivity contribution in [3.8, 4) is 5.75 Å². The number of anilines is 1. The van der Waals surface area contributed by atoms with Crippen molar-refractivity contribution >= 4 is 34.6 Å². The summed E-state index contributed by atoms with van der Waals surface area (Å²) < 4.78 is 5.36. The first-order valence-electron chi connectivity index (χ1n) is 4.13. The normalized spacial score (nSPS) is 9.57. The minimum Gasteiger partial charge on any atom is -0.490 e. The van der Waals surface area contributed by atoms with Gasteiger partial charge in [0.1, 0.15) is 0 Å². The van der Waals surface area contributed by atoms with E-state index in [2.05, 4.69) is 5.32 Å². The zero-order chi connectivity index (χ0) is 10.6. The molecule has 0 fully saturated rings. The third-order valence-electron chi connectivity index (χ3n) is 1.51. The van der Waals surface area contributed by atoms with Gasteiger partial charge in [-0.1, -0.05) is 17.7 Å². The standard InChI is InChI=1S/C9H11ClN2OS/c1-2-13-8-6(10)4-3-5-7(8)12-9(11)14/h3-5H,2H2,1H3,(H3,11,12,14). The Bertz CT molecular complexity index is 344. The first-order chi connectivity index (χ1) is 6.65. The molecule has 76 valence electrons. The summed E-state index contributed by atoms with van der Waals surface area (Å²) in [5.41, 5.74) is 6.05. The Morgan fingerprint density at radius 3 is 2.93 bits per heavy atom. The number of ether oxygens (including phenoxy) is 1. The molecule has 1 aromatic carbocycles. The van der Waals surface area contributed by atoms with E-state index >= 15 is 0 Å². The fourth-order valence-electron chi connectivity index (χ4n) is 1.03. The van der Waals surface area contributed by atoms with Crippen molar-refractivity contribution < 1.29 is 4.74 Å². The predicted molar refractivity (Wildman–Crippen MR) is 63.0 cm³/mol. The molecule has 5 heteroatoms. The summed E-state index contributed by atoms with van der Waals surface area (Å²) in [6.45, 7) is 2.42. The van der Waals surface area contributed by atoms with Gasteiger partial charge in [0.2, 0.25) is 0 Å².